The van der Waals surface area contributed by atoms with Gasteiger partial charge in [0.25, 0.3) is 0 Å². The number of nitrogens with zero attached hydrogens (tertiary/aromatic N) is 1. The summed E-state index contributed by atoms with van der Waals surface area (Å²) in [6.07, 6.45) is -2.73. The van der Waals surface area contributed by atoms with E-state index in [1.807, 2.05) is 0 Å². The Morgan fingerprint density at radius 1 is 1.25 bits per heavy atom. The average molecular weight is 323 g/mol. The first-order chi connectivity index (χ1) is 8.37. The van der Waals surface area contributed by atoms with Gasteiger partial charge in [-0.2, -0.15) is 0 Å². The molecule has 0 rings (SSSR count). The molecule has 5 nitrogen and oxygen atoms in total. The first-order valence-electron chi connectivity index (χ1n) is 5.66. The minimum atomic E-state index is -5.28. The molecule has 1 atom stereocenters. The minimum absolute atomic E-state index is 0. The van der Waals surface area contributed by atoms with Crippen LogP contribution >= 0.6 is 0 Å². The van der Waals surface area contributed by atoms with Crippen molar-refractivity contribution in [2.75, 3.05) is 13.6 Å². The summed E-state index contributed by atoms with van der Waals surface area (Å²) in [5, 5.41) is 0. The van der Waals surface area contributed by atoms with Crippen molar-refractivity contribution in [3.8, 4) is 0 Å². The number of esters is 1. The van der Waals surface area contributed by atoms with Crippen LogP contribution in [0.2, 0.25) is 0 Å². The average Bonchev–Trinajstić information content (AvgIpc) is 2.20. The molecule has 0 bridgehead atoms. The molecule has 0 saturated carbocycles. The molecule has 20 heavy (non-hydrogen) atoms. The van der Waals surface area contributed by atoms with Crippen LogP contribution in [0.15, 0.2) is 0 Å². The molecule has 0 aliphatic carbocycles. The van der Waals surface area contributed by atoms with Gasteiger partial charge in [-0.15, -0.1) is 0 Å². The maximum absolute atomic E-state index is 12.5. The Morgan fingerprint density at radius 2 is 1.70 bits per heavy atom. The maximum Gasteiger partial charge on any atom is 1.00 e. The summed E-state index contributed by atoms with van der Waals surface area (Å²) in [5.74, 6) is -0.939. The topological polar surface area (TPSA) is 55.8 Å². The van der Waals surface area contributed by atoms with Crippen LogP contribution in [0, 0.1) is 0 Å². The largest absolute Gasteiger partial charge is 1.00 e. The number of amides is 1. The fraction of sp³-hybridized carbons (Fsp3) is 0.800. The van der Waals surface area contributed by atoms with Gasteiger partial charge in [0.05, 0.1) is 7.11 Å². The molecule has 0 spiro atoms. The fourth-order valence-electron chi connectivity index (χ4n) is 1.23. The Morgan fingerprint density at radius 3 is 2.00 bits per heavy atom. The molecular formula is C10H18BF3KNO4. The standard InChI is InChI=1S/C10H18BF3NO4.K/c1-7(8(16)18-5)15(6-11(12,13)14)9(17)19-10(2,3)4;/h7H,6H2,1-5H3;/q-1;+1/t7-;/m0./s1. The minimum Gasteiger partial charge on any atom is -0.467 e. The predicted octanol–water partition coefficient (Wildman–Crippen LogP) is -0.824. The van der Waals surface area contributed by atoms with Gasteiger partial charge in [-0.3, -0.25) is 0 Å². The summed E-state index contributed by atoms with van der Waals surface area (Å²) >= 11 is 0. The Bertz CT molecular complexity index is 346. The van der Waals surface area contributed by atoms with Gasteiger partial charge in [-0.1, -0.05) is 0 Å². The van der Waals surface area contributed by atoms with Crippen molar-refractivity contribution in [1.29, 1.82) is 0 Å². The Kier molecular flexibility index (Phi) is 9.70. The normalized spacial score (nSPS) is 13.0. The van der Waals surface area contributed by atoms with Crippen molar-refractivity contribution < 1.29 is 83.4 Å². The van der Waals surface area contributed by atoms with E-state index in [2.05, 4.69) is 4.74 Å². The third-order valence-electron chi connectivity index (χ3n) is 2.04. The number of methoxy groups -OCH3 is 1. The van der Waals surface area contributed by atoms with E-state index in [0.29, 0.717) is 4.90 Å². The first-order valence-corrected chi connectivity index (χ1v) is 5.66. The van der Waals surface area contributed by atoms with Crippen molar-refractivity contribution in [3.05, 3.63) is 0 Å². The van der Waals surface area contributed by atoms with E-state index in [-0.39, 0.29) is 51.4 Å². The molecule has 0 aliphatic rings. The number of halogens is 3. The van der Waals surface area contributed by atoms with Crippen molar-refractivity contribution >= 4 is 19.0 Å². The second kappa shape index (κ2) is 8.62. The van der Waals surface area contributed by atoms with Gasteiger partial charge in [0.1, 0.15) is 11.6 Å². The monoisotopic (exact) mass is 323 g/mol. The number of hydrogen-bond donors (Lipinski definition) is 0. The van der Waals surface area contributed by atoms with Gasteiger partial charge in [-0.25, -0.2) is 9.59 Å². The second-order valence-electron chi connectivity index (χ2n) is 5.04. The van der Waals surface area contributed by atoms with Gasteiger partial charge in [0.15, 0.2) is 0 Å². The molecule has 112 valence electrons. The summed E-state index contributed by atoms with van der Waals surface area (Å²) < 4.78 is 46.7. The van der Waals surface area contributed by atoms with Crippen LogP contribution in [-0.2, 0) is 14.3 Å². The Hall–Kier alpha value is 0.231. The molecule has 0 saturated heterocycles. The van der Waals surface area contributed by atoms with E-state index in [9.17, 15) is 22.5 Å². The molecule has 10 heteroatoms. The SMILES string of the molecule is COC(=O)[C@H](C)N(C[B-](F)(F)F)C(=O)OC(C)(C)C.[K+]. The van der Waals surface area contributed by atoms with Crippen LogP contribution in [0.4, 0.5) is 17.7 Å². The molecule has 0 aromatic carbocycles. The van der Waals surface area contributed by atoms with E-state index in [1.54, 1.807) is 0 Å². The molecule has 1 amide bonds. The summed E-state index contributed by atoms with van der Waals surface area (Å²) in [6, 6.07) is -1.37. The van der Waals surface area contributed by atoms with Gasteiger partial charge in [0.2, 0.25) is 0 Å². The Balaban J connectivity index is 0. The third-order valence-corrected chi connectivity index (χ3v) is 2.04. The van der Waals surface area contributed by atoms with Crippen LogP contribution in [0.1, 0.15) is 27.7 Å². The summed E-state index contributed by atoms with van der Waals surface area (Å²) in [4.78, 5) is 23.3. The maximum atomic E-state index is 12.5. The summed E-state index contributed by atoms with van der Waals surface area (Å²) in [6.45, 7) is 0.426. The van der Waals surface area contributed by atoms with Crippen molar-refractivity contribution in [2.24, 2.45) is 0 Å². The number of carbonyl (C=O) groups excluding carboxylic acids is 2. The fourth-order valence-corrected chi connectivity index (χ4v) is 1.23. The van der Waals surface area contributed by atoms with Gasteiger partial charge in [0, 0.05) is 0 Å². The zero-order valence-corrected chi connectivity index (χ0v) is 15.7. The van der Waals surface area contributed by atoms with E-state index in [1.165, 1.54) is 20.8 Å². The molecule has 0 aromatic heterocycles. The van der Waals surface area contributed by atoms with E-state index >= 15 is 0 Å². The molecular weight excluding hydrogens is 305 g/mol. The van der Waals surface area contributed by atoms with Crippen LogP contribution in [-0.4, -0.2) is 49.1 Å². The van der Waals surface area contributed by atoms with Gasteiger partial charge < -0.3 is 27.3 Å². The molecule has 0 radical (unpaired) electrons. The predicted molar refractivity (Wildman–Crippen MR) is 63.5 cm³/mol. The molecule has 0 unspecified atom stereocenters. The van der Waals surface area contributed by atoms with Crippen LogP contribution < -0.4 is 51.4 Å². The zero-order chi connectivity index (χ0) is 15.4. The van der Waals surface area contributed by atoms with Gasteiger partial charge >= 0.3 is 70.4 Å². The second-order valence-corrected chi connectivity index (χ2v) is 5.04. The third kappa shape index (κ3) is 9.22. The molecule has 0 aliphatic heterocycles. The Labute approximate surface area is 159 Å². The van der Waals surface area contributed by atoms with E-state index < -0.39 is 37.1 Å². The van der Waals surface area contributed by atoms with Crippen LogP contribution in [0.25, 0.3) is 0 Å². The number of rotatable bonds is 4. The number of hydrogen-bond acceptors (Lipinski definition) is 4. The smallest absolute Gasteiger partial charge is 0.467 e. The van der Waals surface area contributed by atoms with Crippen molar-refractivity contribution in [2.45, 2.75) is 39.3 Å². The van der Waals surface area contributed by atoms with Crippen LogP contribution in [0.3, 0.4) is 0 Å². The van der Waals surface area contributed by atoms with Crippen molar-refractivity contribution in [1.82, 2.24) is 4.90 Å². The quantitative estimate of drug-likeness (QED) is 0.501. The molecule has 0 aromatic rings. The summed E-state index contributed by atoms with van der Waals surface area (Å²) in [7, 11) is 1.03. The zero-order valence-electron chi connectivity index (χ0n) is 12.6. The molecule has 0 N–H and O–H groups in total. The van der Waals surface area contributed by atoms with Crippen LogP contribution in [0.5, 0.6) is 0 Å². The summed E-state index contributed by atoms with van der Waals surface area (Å²) in [5.41, 5.74) is -0.955. The van der Waals surface area contributed by atoms with Crippen molar-refractivity contribution in [3.63, 3.8) is 0 Å². The number of carbonyl (C=O) groups is 2. The van der Waals surface area contributed by atoms with Gasteiger partial charge in [-0.05, 0) is 34.1 Å². The first kappa shape index (κ1) is 22.5. The molecule has 0 heterocycles. The molecule has 0 fully saturated rings. The van der Waals surface area contributed by atoms with E-state index in [4.69, 9.17) is 4.74 Å². The number of ether oxygens (including phenoxy) is 2. The van der Waals surface area contributed by atoms with E-state index in [0.717, 1.165) is 14.0 Å².